The van der Waals surface area contributed by atoms with Crippen LogP contribution >= 0.6 is 0 Å². The van der Waals surface area contributed by atoms with Crippen LogP contribution in [0.2, 0.25) is 0 Å². The number of carbonyl (C=O) groups excluding carboxylic acids is 1. The van der Waals surface area contributed by atoms with Crippen LogP contribution in [0.25, 0.3) is 0 Å². The Kier molecular flexibility index (Phi) is 2.67. The first-order valence-electron chi connectivity index (χ1n) is 3.95. The third-order valence-electron chi connectivity index (χ3n) is 1.83. The van der Waals surface area contributed by atoms with Gasteiger partial charge in [-0.1, -0.05) is 0 Å². The first kappa shape index (κ1) is 9.99. The number of carbonyl (C=O) groups is 1. The normalized spacial score (nSPS) is 9.43. The van der Waals surface area contributed by atoms with E-state index >= 15 is 0 Å². The molecule has 0 unspecified atom stereocenters. The van der Waals surface area contributed by atoms with E-state index in [1.807, 2.05) is 0 Å². The van der Waals surface area contributed by atoms with Crippen LogP contribution in [0.4, 0.5) is 0 Å². The highest BCUT2D eigenvalue weighted by atomic mass is 16.2. The monoisotopic (exact) mass is 191 g/mol. The zero-order chi connectivity index (χ0) is 10.7. The molecule has 1 aromatic rings. The van der Waals surface area contributed by atoms with E-state index in [-0.39, 0.29) is 12.1 Å². The molecule has 14 heavy (non-hydrogen) atoms. The summed E-state index contributed by atoms with van der Waals surface area (Å²) in [6.07, 6.45) is 0. The Morgan fingerprint density at radius 3 is 2.79 bits per heavy atom. The summed E-state index contributed by atoms with van der Waals surface area (Å²) in [4.78, 5) is 22.1. The van der Waals surface area contributed by atoms with E-state index < -0.39 is 11.5 Å². The van der Waals surface area contributed by atoms with Crippen molar-refractivity contribution in [1.82, 2.24) is 4.57 Å². The van der Waals surface area contributed by atoms with Gasteiger partial charge in [0.25, 0.3) is 5.56 Å². The predicted molar refractivity (Wildman–Crippen MR) is 49.3 cm³/mol. The molecule has 0 bridgehead atoms. The maximum absolute atomic E-state index is 11.5. The highest BCUT2D eigenvalue weighted by molar-refractivity contribution is 5.73. The number of hydrogen-bond donors (Lipinski definition) is 1. The smallest absolute Gasteiger partial charge is 0.269 e. The van der Waals surface area contributed by atoms with Gasteiger partial charge in [-0.2, -0.15) is 5.26 Å². The first-order valence-corrected chi connectivity index (χ1v) is 3.95. The van der Waals surface area contributed by atoms with Gasteiger partial charge in [-0.3, -0.25) is 9.59 Å². The molecule has 0 radical (unpaired) electrons. The first-order chi connectivity index (χ1) is 6.56. The van der Waals surface area contributed by atoms with Crippen LogP contribution in [-0.4, -0.2) is 10.5 Å². The van der Waals surface area contributed by atoms with E-state index in [4.69, 9.17) is 11.0 Å². The van der Waals surface area contributed by atoms with Crippen molar-refractivity contribution in [2.24, 2.45) is 5.73 Å². The molecule has 1 heterocycles. The number of amides is 1. The standard InChI is InChI=1S/C9H9N3O2/c1-6-2-3-7(4-10)9(14)12(6)5-8(11)13/h2-3H,5H2,1H3,(H2,11,13). The number of rotatable bonds is 2. The molecule has 2 N–H and O–H groups in total. The van der Waals surface area contributed by atoms with E-state index in [1.165, 1.54) is 10.6 Å². The van der Waals surface area contributed by atoms with Crippen LogP contribution in [0, 0.1) is 18.3 Å². The van der Waals surface area contributed by atoms with Crippen LogP contribution in [-0.2, 0) is 11.3 Å². The Balaban J connectivity index is 3.35. The fourth-order valence-corrected chi connectivity index (χ4v) is 1.11. The zero-order valence-corrected chi connectivity index (χ0v) is 7.65. The van der Waals surface area contributed by atoms with Crippen molar-refractivity contribution in [3.63, 3.8) is 0 Å². The molecule has 0 aliphatic carbocycles. The number of pyridine rings is 1. The van der Waals surface area contributed by atoms with Gasteiger partial charge in [-0.15, -0.1) is 0 Å². The number of hydrogen-bond acceptors (Lipinski definition) is 3. The SMILES string of the molecule is Cc1ccc(C#N)c(=O)n1CC(N)=O. The van der Waals surface area contributed by atoms with Gasteiger partial charge < -0.3 is 10.3 Å². The minimum atomic E-state index is -0.606. The minimum Gasteiger partial charge on any atom is -0.368 e. The molecule has 1 amide bonds. The van der Waals surface area contributed by atoms with Crippen LogP contribution in [0.3, 0.4) is 0 Å². The van der Waals surface area contributed by atoms with Crippen LogP contribution in [0.1, 0.15) is 11.3 Å². The van der Waals surface area contributed by atoms with E-state index in [9.17, 15) is 9.59 Å². The molecule has 0 saturated carbocycles. The van der Waals surface area contributed by atoms with Crippen LogP contribution < -0.4 is 11.3 Å². The van der Waals surface area contributed by atoms with Crippen molar-refractivity contribution in [1.29, 1.82) is 5.26 Å². The molecule has 0 saturated heterocycles. The summed E-state index contributed by atoms with van der Waals surface area (Å²) in [5, 5.41) is 8.59. The van der Waals surface area contributed by atoms with E-state index in [0.29, 0.717) is 5.69 Å². The van der Waals surface area contributed by atoms with Gasteiger partial charge in [0.15, 0.2) is 0 Å². The summed E-state index contributed by atoms with van der Waals surface area (Å²) in [5.74, 6) is -0.606. The summed E-state index contributed by atoms with van der Waals surface area (Å²) in [7, 11) is 0. The Bertz CT molecular complexity index is 468. The molecular weight excluding hydrogens is 182 g/mol. The summed E-state index contributed by atoms with van der Waals surface area (Å²) in [6.45, 7) is 1.48. The molecule has 0 aromatic carbocycles. The van der Waals surface area contributed by atoms with E-state index in [2.05, 4.69) is 0 Å². The Labute approximate surface area is 80.4 Å². The van der Waals surface area contributed by atoms with Crippen molar-refractivity contribution in [2.45, 2.75) is 13.5 Å². The lowest BCUT2D eigenvalue weighted by atomic mass is 10.2. The maximum atomic E-state index is 11.5. The van der Waals surface area contributed by atoms with Crippen LogP contribution in [0.5, 0.6) is 0 Å². The average molecular weight is 191 g/mol. The fraction of sp³-hybridized carbons (Fsp3) is 0.222. The third kappa shape index (κ3) is 1.80. The number of aromatic nitrogens is 1. The lowest BCUT2D eigenvalue weighted by Gasteiger charge is -2.06. The second-order valence-electron chi connectivity index (χ2n) is 2.86. The molecule has 0 aliphatic rings. The average Bonchev–Trinajstić information content (AvgIpc) is 2.12. The van der Waals surface area contributed by atoms with Gasteiger partial charge in [0.05, 0.1) is 0 Å². The van der Waals surface area contributed by atoms with Gasteiger partial charge in [0.1, 0.15) is 18.2 Å². The second-order valence-corrected chi connectivity index (χ2v) is 2.86. The number of nitriles is 1. The summed E-state index contributed by atoms with van der Waals surface area (Å²) in [6, 6.07) is 4.78. The quantitative estimate of drug-likeness (QED) is 0.684. The topological polar surface area (TPSA) is 88.9 Å². The van der Waals surface area contributed by atoms with E-state index in [1.54, 1.807) is 19.1 Å². The third-order valence-corrected chi connectivity index (χ3v) is 1.83. The maximum Gasteiger partial charge on any atom is 0.269 e. The van der Waals surface area contributed by atoms with Gasteiger partial charge >= 0.3 is 0 Å². The number of primary amides is 1. The summed E-state index contributed by atoms with van der Waals surface area (Å²) in [5.41, 5.74) is 5.11. The lowest BCUT2D eigenvalue weighted by Crippen LogP contribution is -2.30. The second kappa shape index (κ2) is 3.75. The van der Waals surface area contributed by atoms with Crippen molar-refractivity contribution in [2.75, 3.05) is 0 Å². The van der Waals surface area contributed by atoms with Gasteiger partial charge in [0, 0.05) is 5.69 Å². The van der Waals surface area contributed by atoms with Crippen molar-refractivity contribution >= 4 is 5.91 Å². The van der Waals surface area contributed by atoms with Crippen LogP contribution in [0.15, 0.2) is 16.9 Å². The molecule has 0 atom stereocenters. The lowest BCUT2D eigenvalue weighted by molar-refractivity contribution is -0.118. The molecule has 5 nitrogen and oxygen atoms in total. The van der Waals surface area contributed by atoms with Crippen molar-refractivity contribution in [3.8, 4) is 6.07 Å². The van der Waals surface area contributed by atoms with Gasteiger partial charge in [-0.05, 0) is 19.1 Å². The predicted octanol–water partition coefficient (Wildman–Crippen LogP) is -0.486. The molecular formula is C9H9N3O2. The molecule has 0 aliphatic heterocycles. The Morgan fingerprint density at radius 2 is 2.29 bits per heavy atom. The zero-order valence-electron chi connectivity index (χ0n) is 7.65. The Morgan fingerprint density at radius 1 is 1.64 bits per heavy atom. The molecule has 72 valence electrons. The highest BCUT2D eigenvalue weighted by Gasteiger charge is 2.07. The van der Waals surface area contributed by atoms with Crippen molar-refractivity contribution in [3.05, 3.63) is 33.7 Å². The van der Waals surface area contributed by atoms with Crippen molar-refractivity contribution < 1.29 is 4.79 Å². The summed E-state index contributed by atoms with van der Waals surface area (Å²) < 4.78 is 1.18. The molecule has 1 rings (SSSR count). The molecule has 5 heteroatoms. The number of nitrogens with zero attached hydrogens (tertiary/aromatic N) is 2. The van der Waals surface area contributed by atoms with Gasteiger partial charge in [0.2, 0.25) is 5.91 Å². The number of aryl methyl sites for hydroxylation is 1. The van der Waals surface area contributed by atoms with Gasteiger partial charge in [-0.25, -0.2) is 0 Å². The fourth-order valence-electron chi connectivity index (χ4n) is 1.11. The highest BCUT2D eigenvalue weighted by Crippen LogP contribution is 1.96. The molecule has 1 aromatic heterocycles. The largest absolute Gasteiger partial charge is 0.368 e. The molecule has 0 fully saturated rings. The van der Waals surface area contributed by atoms with E-state index in [0.717, 1.165) is 0 Å². The summed E-state index contributed by atoms with van der Waals surface area (Å²) >= 11 is 0. The minimum absolute atomic E-state index is 0.0110. The number of nitrogens with two attached hydrogens (primary N) is 1. The molecule has 0 spiro atoms. The Hall–Kier alpha value is -2.09.